The molecule has 1 fully saturated rings. The van der Waals surface area contributed by atoms with Crippen LogP contribution in [0.25, 0.3) is 0 Å². The standard InChI is InChI=1S/C23H23F2N3O2/c24-19-9-13-4-6-17(18(13)10-20(19)25)21(27)11-22(29)14-3-5-16(8-14)30-23-15(12-26)2-1-7-28-23/h1-2,7,9-10,14,16-17,21H,3-6,8,11,27H2. The Morgan fingerprint density at radius 3 is 2.90 bits per heavy atom. The lowest BCUT2D eigenvalue weighted by molar-refractivity contribution is -0.123. The van der Waals surface area contributed by atoms with Gasteiger partial charge in [-0.05, 0) is 67.5 Å². The molecule has 30 heavy (non-hydrogen) atoms. The molecule has 2 N–H and O–H groups in total. The summed E-state index contributed by atoms with van der Waals surface area (Å²) in [4.78, 5) is 16.9. The largest absolute Gasteiger partial charge is 0.473 e. The summed E-state index contributed by atoms with van der Waals surface area (Å²) in [5.74, 6) is -1.64. The van der Waals surface area contributed by atoms with E-state index >= 15 is 0 Å². The number of rotatable bonds is 6. The zero-order chi connectivity index (χ0) is 21.3. The molecule has 0 amide bonds. The van der Waals surface area contributed by atoms with Crippen LogP contribution >= 0.6 is 0 Å². The minimum Gasteiger partial charge on any atom is -0.473 e. The molecule has 4 unspecified atom stereocenters. The minimum atomic E-state index is -0.874. The number of hydrogen-bond donors (Lipinski definition) is 1. The van der Waals surface area contributed by atoms with Crippen LogP contribution in [0.1, 0.15) is 54.7 Å². The van der Waals surface area contributed by atoms with Crippen LogP contribution in [0.5, 0.6) is 5.88 Å². The van der Waals surface area contributed by atoms with Crippen LogP contribution in [0.3, 0.4) is 0 Å². The van der Waals surface area contributed by atoms with E-state index in [1.165, 1.54) is 12.1 Å². The number of carbonyl (C=O) groups excluding carboxylic acids is 1. The molecule has 1 aromatic heterocycles. The summed E-state index contributed by atoms with van der Waals surface area (Å²) in [5.41, 5.74) is 8.21. The number of aryl methyl sites for hydroxylation is 1. The van der Waals surface area contributed by atoms with E-state index < -0.39 is 17.7 Å². The Balaban J connectivity index is 1.35. The van der Waals surface area contributed by atoms with Crippen molar-refractivity contribution in [2.45, 2.75) is 56.6 Å². The molecule has 0 aliphatic heterocycles. The average Bonchev–Trinajstić information content (AvgIpc) is 3.36. The molecule has 0 radical (unpaired) electrons. The predicted octanol–water partition coefficient (Wildman–Crippen LogP) is 3.80. The van der Waals surface area contributed by atoms with Gasteiger partial charge in [0.05, 0.1) is 0 Å². The van der Waals surface area contributed by atoms with E-state index in [4.69, 9.17) is 15.7 Å². The fourth-order valence-corrected chi connectivity index (χ4v) is 4.68. The SMILES string of the molecule is N#Cc1cccnc1OC1CCC(C(=O)CC(N)C2CCc3cc(F)c(F)cc32)C1. The number of pyridine rings is 1. The number of ketones is 1. The zero-order valence-corrected chi connectivity index (χ0v) is 16.5. The van der Waals surface area contributed by atoms with Gasteiger partial charge in [0.25, 0.3) is 0 Å². The smallest absolute Gasteiger partial charge is 0.231 e. The molecule has 0 saturated heterocycles. The molecular formula is C23H23F2N3O2. The van der Waals surface area contributed by atoms with Gasteiger partial charge in [0.2, 0.25) is 5.88 Å². The fourth-order valence-electron chi connectivity index (χ4n) is 4.68. The number of aromatic nitrogens is 1. The van der Waals surface area contributed by atoms with Crippen LogP contribution in [0, 0.1) is 28.9 Å². The van der Waals surface area contributed by atoms with Crippen molar-refractivity contribution in [3.63, 3.8) is 0 Å². The maximum absolute atomic E-state index is 13.7. The van der Waals surface area contributed by atoms with Crippen molar-refractivity contribution in [2.75, 3.05) is 0 Å². The molecule has 0 bridgehead atoms. The lowest BCUT2D eigenvalue weighted by Gasteiger charge is -2.21. The number of ether oxygens (including phenoxy) is 1. The molecule has 4 rings (SSSR count). The topological polar surface area (TPSA) is 89.0 Å². The van der Waals surface area contributed by atoms with E-state index in [0.717, 1.165) is 11.1 Å². The van der Waals surface area contributed by atoms with Gasteiger partial charge in [0.1, 0.15) is 23.5 Å². The van der Waals surface area contributed by atoms with E-state index in [1.54, 1.807) is 18.3 Å². The molecule has 1 saturated carbocycles. The number of Topliss-reactive ketones (excluding diaryl/α,β-unsaturated/α-hetero) is 1. The van der Waals surface area contributed by atoms with Crippen LogP contribution in [0.2, 0.25) is 0 Å². The monoisotopic (exact) mass is 411 g/mol. The third kappa shape index (κ3) is 4.05. The highest BCUT2D eigenvalue weighted by atomic mass is 19.2. The van der Waals surface area contributed by atoms with E-state index in [9.17, 15) is 13.6 Å². The Bertz CT molecular complexity index is 1000. The molecule has 1 heterocycles. The Kier molecular flexibility index (Phi) is 5.78. The van der Waals surface area contributed by atoms with E-state index in [0.29, 0.717) is 43.5 Å². The average molecular weight is 411 g/mol. The highest BCUT2D eigenvalue weighted by molar-refractivity contribution is 5.82. The van der Waals surface area contributed by atoms with Crippen molar-refractivity contribution in [1.82, 2.24) is 4.98 Å². The van der Waals surface area contributed by atoms with Crippen molar-refractivity contribution in [1.29, 1.82) is 5.26 Å². The maximum Gasteiger partial charge on any atom is 0.231 e. The van der Waals surface area contributed by atoms with Gasteiger partial charge in [0, 0.05) is 30.5 Å². The molecule has 7 heteroatoms. The molecule has 2 aliphatic rings. The number of nitriles is 1. The third-order valence-electron chi connectivity index (χ3n) is 6.27. The molecule has 0 spiro atoms. The van der Waals surface area contributed by atoms with Crippen LogP contribution in [0.15, 0.2) is 30.5 Å². The first-order valence-corrected chi connectivity index (χ1v) is 10.2. The Morgan fingerprint density at radius 1 is 1.30 bits per heavy atom. The summed E-state index contributed by atoms with van der Waals surface area (Å²) in [5, 5.41) is 9.16. The number of hydrogen-bond acceptors (Lipinski definition) is 5. The van der Waals surface area contributed by atoms with Gasteiger partial charge < -0.3 is 10.5 Å². The minimum absolute atomic E-state index is 0.0751. The van der Waals surface area contributed by atoms with Gasteiger partial charge >= 0.3 is 0 Å². The fraction of sp³-hybridized carbons (Fsp3) is 0.435. The second kappa shape index (κ2) is 8.49. The maximum atomic E-state index is 13.7. The van der Waals surface area contributed by atoms with Crippen molar-refractivity contribution in [3.8, 4) is 11.9 Å². The van der Waals surface area contributed by atoms with E-state index in [1.807, 2.05) is 0 Å². The van der Waals surface area contributed by atoms with Gasteiger partial charge in [0.15, 0.2) is 11.6 Å². The van der Waals surface area contributed by atoms with Crippen LogP contribution in [-0.4, -0.2) is 22.9 Å². The lowest BCUT2D eigenvalue weighted by atomic mass is 9.87. The van der Waals surface area contributed by atoms with Gasteiger partial charge in [-0.25, -0.2) is 13.8 Å². The summed E-state index contributed by atoms with van der Waals surface area (Å²) in [6.07, 6.45) is 4.92. The highest BCUT2D eigenvalue weighted by Gasteiger charge is 2.35. The summed E-state index contributed by atoms with van der Waals surface area (Å²) < 4.78 is 33.0. The normalized spacial score (nSPS) is 23.6. The first kappa shape index (κ1) is 20.4. The van der Waals surface area contributed by atoms with Crippen LogP contribution in [0.4, 0.5) is 8.78 Å². The molecular weight excluding hydrogens is 388 g/mol. The molecule has 156 valence electrons. The predicted molar refractivity (Wildman–Crippen MR) is 106 cm³/mol. The molecule has 5 nitrogen and oxygen atoms in total. The zero-order valence-electron chi connectivity index (χ0n) is 16.5. The van der Waals surface area contributed by atoms with Crippen LogP contribution < -0.4 is 10.5 Å². The van der Waals surface area contributed by atoms with Gasteiger partial charge in [-0.15, -0.1) is 0 Å². The number of halogens is 2. The Morgan fingerprint density at radius 2 is 2.10 bits per heavy atom. The Labute approximate surface area is 173 Å². The number of benzene rings is 1. The number of carbonyl (C=O) groups is 1. The number of nitrogens with two attached hydrogens (primary N) is 1. The van der Waals surface area contributed by atoms with Gasteiger partial charge in [-0.3, -0.25) is 4.79 Å². The molecule has 2 aromatic rings. The van der Waals surface area contributed by atoms with Crippen molar-refractivity contribution in [2.24, 2.45) is 11.7 Å². The van der Waals surface area contributed by atoms with E-state index in [-0.39, 0.29) is 30.1 Å². The van der Waals surface area contributed by atoms with Crippen LogP contribution in [-0.2, 0) is 11.2 Å². The second-order valence-corrected chi connectivity index (χ2v) is 8.16. The quantitative estimate of drug-likeness (QED) is 0.781. The molecule has 1 aromatic carbocycles. The van der Waals surface area contributed by atoms with Gasteiger partial charge in [-0.1, -0.05) is 0 Å². The second-order valence-electron chi connectivity index (χ2n) is 8.16. The molecule has 4 atom stereocenters. The summed E-state index contributed by atoms with van der Waals surface area (Å²) in [7, 11) is 0. The number of fused-ring (bicyclic) bond motifs is 1. The van der Waals surface area contributed by atoms with E-state index in [2.05, 4.69) is 11.1 Å². The molecule has 2 aliphatic carbocycles. The third-order valence-corrected chi connectivity index (χ3v) is 6.27. The Hall–Kier alpha value is -2.85. The van der Waals surface area contributed by atoms with Crippen molar-refractivity contribution >= 4 is 5.78 Å². The summed E-state index contributed by atoms with van der Waals surface area (Å²) in [6.45, 7) is 0. The lowest BCUT2D eigenvalue weighted by Crippen LogP contribution is -2.32. The highest BCUT2D eigenvalue weighted by Crippen LogP contribution is 2.38. The van der Waals surface area contributed by atoms with Crippen molar-refractivity contribution < 1.29 is 18.3 Å². The first-order chi connectivity index (χ1) is 14.5. The summed E-state index contributed by atoms with van der Waals surface area (Å²) >= 11 is 0. The summed E-state index contributed by atoms with van der Waals surface area (Å²) in [6, 6.07) is 7.42. The van der Waals surface area contributed by atoms with Gasteiger partial charge in [-0.2, -0.15) is 5.26 Å². The number of nitrogens with zero attached hydrogens (tertiary/aromatic N) is 2. The van der Waals surface area contributed by atoms with Crippen molar-refractivity contribution in [3.05, 3.63) is 58.8 Å². The first-order valence-electron chi connectivity index (χ1n) is 10.2.